The Morgan fingerprint density at radius 3 is 2.50 bits per heavy atom. The Morgan fingerprint density at radius 2 is 1.77 bits per heavy atom. The highest BCUT2D eigenvalue weighted by molar-refractivity contribution is 9.10. The zero-order chi connectivity index (χ0) is 21.1. The van der Waals surface area contributed by atoms with E-state index in [0.29, 0.717) is 18.0 Å². The Morgan fingerprint density at radius 1 is 1.03 bits per heavy atom. The van der Waals surface area contributed by atoms with E-state index in [9.17, 15) is 13.2 Å². The molecule has 0 bridgehead atoms. The number of hydrogen-bond acceptors (Lipinski definition) is 4. The van der Waals surface area contributed by atoms with Gasteiger partial charge in [0.05, 0.1) is 4.90 Å². The average Bonchev–Trinajstić information content (AvgIpc) is 3.16. The van der Waals surface area contributed by atoms with Crippen molar-refractivity contribution in [3.05, 3.63) is 82.8 Å². The zero-order valence-electron chi connectivity index (χ0n) is 15.9. The van der Waals surface area contributed by atoms with Crippen molar-refractivity contribution >= 4 is 43.2 Å². The van der Waals surface area contributed by atoms with Crippen molar-refractivity contribution in [1.82, 2.24) is 0 Å². The molecule has 1 heterocycles. The molecular weight excluding hydrogens is 468 g/mol. The second-order valence-electron chi connectivity index (χ2n) is 6.80. The molecule has 3 aromatic rings. The van der Waals surface area contributed by atoms with Gasteiger partial charge in [0.1, 0.15) is 5.75 Å². The van der Waals surface area contributed by atoms with Gasteiger partial charge in [0.15, 0.2) is 6.61 Å². The highest BCUT2D eigenvalue weighted by Gasteiger charge is 2.25. The van der Waals surface area contributed by atoms with Crippen molar-refractivity contribution < 1.29 is 17.9 Å². The number of ether oxygens (including phenoxy) is 1. The van der Waals surface area contributed by atoms with E-state index in [-0.39, 0.29) is 17.4 Å². The maximum absolute atomic E-state index is 12.6. The fourth-order valence-electron chi connectivity index (χ4n) is 3.29. The van der Waals surface area contributed by atoms with Crippen LogP contribution < -0.4 is 14.4 Å². The summed E-state index contributed by atoms with van der Waals surface area (Å²) in [6, 6.07) is 20.5. The van der Waals surface area contributed by atoms with Crippen molar-refractivity contribution in [3.8, 4) is 5.75 Å². The fourth-order valence-corrected chi connectivity index (χ4v) is 4.75. The summed E-state index contributed by atoms with van der Waals surface area (Å²) in [7, 11) is -3.70. The third kappa shape index (κ3) is 4.49. The first-order chi connectivity index (χ1) is 14.4. The third-order valence-corrected chi connectivity index (χ3v) is 6.65. The van der Waals surface area contributed by atoms with Gasteiger partial charge in [-0.15, -0.1) is 0 Å². The van der Waals surface area contributed by atoms with Gasteiger partial charge in [-0.2, -0.15) is 0 Å². The molecule has 0 saturated heterocycles. The van der Waals surface area contributed by atoms with Crippen LogP contribution in [0.15, 0.2) is 82.2 Å². The SMILES string of the molecule is O=C(COc1ccc(S(=O)(=O)Nc2ccccc2)cc1)N1CCc2cc(Br)ccc21. The van der Waals surface area contributed by atoms with Crippen LogP contribution in [0.1, 0.15) is 5.56 Å². The normalized spacial score (nSPS) is 13.0. The summed E-state index contributed by atoms with van der Waals surface area (Å²) in [5.41, 5.74) is 2.51. The number of anilines is 2. The van der Waals surface area contributed by atoms with Crippen LogP contribution in [0.25, 0.3) is 0 Å². The van der Waals surface area contributed by atoms with Gasteiger partial charge in [-0.25, -0.2) is 8.42 Å². The lowest BCUT2D eigenvalue weighted by atomic mass is 10.2. The monoisotopic (exact) mass is 486 g/mol. The average molecular weight is 487 g/mol. The molecule has 3 aromatic carbocycles. The number of carbonyl (C=O) groups is 1. The molecule has 8 heteroatoms. The molecule has 6 nitrogen and oxygen atoms in total. The molecule has 1 amide bonds. The number of para-hydroxylation sites is 1. The number of fused-ring (bicyclic) bond motifs is 1. The van der Waals surface area contributed by atoms with E-state index in [1.165, 1.54) is 12.1 Å². The number of hydrogen-bond donors (Lipinski definition) is 1. The maximum atomic E-state index is 12.6. The molecule has 1 aliphatic rings. The van der Waals surface area contributed by atoms with Crippen LogP contribution in [0.2, 0.25) is 0 Å². The first-order valence-electron chi connectivity index (χ1n) is 9.32. The quantitative estimate of drug-likeness (QED) is 0.565. The van der Waals surface area contributed by atoms with E-state index < -0.39 is 10.0 Å². The van der Waals surface area contributed by atoms with Crippen molar-refractivity contribution in [2.45, 2.75) is 11.3 Å². The Kier molecular flexibility index (Phi) is 5.78. The molecule has 0 spiro atoms. The predicted octanol–water partition coefficient (Wildman–Crippen LogP) is 4.22. The summed E-state index contributed by atoms with van der Waals surface area (Å²) in [5, 5.41) is 0. The first kappa shape index (κ1) is 20.4. The lowest BCUT2D eigenvalue weighted by molar-refractivity contribution is -0.120. The predicted molar refractivity (Wildman–Crippen MR) is 119 cm³/mol. The summed E-state index contributed by atoms with van der Waals surface area (Å²) in [6.07, 6.45) is 0.807. The molecule has 0 fully saturated rings. The Balaban J connectivity index is 1.38. The summed E-state index contributed by atoms with van der Waals surface area (Å²) in [4.78, 5) is 14.4. The molecule has 0 unspecified atom stereocenters. The minimum Gasteiger partial charge on any atom is -0.484 e. The zero-order valence-corrected chi connectivity index (χ0v) is 18.3. The smallest absolute Gasteiger partial charge is 0.264 e. The third-order valence-electron chi connectivity index (χ3n) is 4.76. The first-order valence-corrected chi connectivity index (χ1v) is 11.6. The fraction of sp³-hybridized carbons (Fsp3) is 0.136. The van der Waals surface area contributed by atoms with Gasteiger partial charge in [-0.3, -0.25) is 9.52 Å². The van der Waals surface area contributed by atoms with Gasteiger partial charge in [0, 0.05) is 22.4 Å². The molecule has 0 aliphatic carbocycles. The molecule has 1 N–H and O–H groups in total. The van der Waals surface area contributed by atoms with Gasteiger partial charge >= 0.3 is 0 Å². The molecule has 4 rings (SSSR count). The summed E-state index contributed by atoms with van der Waals surface area (Å²) < 4.78 is 34.1. The van der Waals surface area contributed by atoms with Gasteiger partial charge in [0.2, 0.25) is 0 Å². The minimum atomic E-state index is -3.70. The molecule has 30 heavy (non-hydrogen) atoms. The summed E-state index contributed by atoms with van der Waals surface area (Å²) >= 11 is 3.45. The molecule has 0 aromatic heterocycles. The van der Waals surface area contributed by atoms with Crippen LogP contribution in [0, 0.1) is 0 Å². The van der Waals surface area contributed by atoms with E-state index in [4.69, 9.17) is 4.74 Å². The number of benzene rings is 3. The summed E-state index contributed by atoms with van der Waals surface area (Å²) in [5.74, 6) is 0.288. The summed E-state index contributed by atoms with van der Waals surface area (Å²) in [6.45, 7) is 0.500. The Labute approximate surface area is 183 Å². The van der Waals surface area contributed by atoms with Crippen molar-refractivity contribution in [1.29, 1.82) is 0 Å². The number of carbonyl (C=O) groups excluding carboxylic acids is 1. The van der Waals surface area contributed by atoms with Crippen molar-refractivity contribution in [3.63, 3.8) is 0 Å². The van der Waals surface area contributed by atoms with Gasteiger partial charge < -0.3 is 9.64 Å². The molecular formula is C22H19BrN2O4S. The standard InChI is InChI=1S/C22H19BrN2O4S/c23-17-6-11-21-16(14-17)12-13-25(21)22(26)15-29-19-7-9-20(10-8-19)30(27,28)24-18-4-2-1-3-5-18/h1-11,14,24H,12-13,15H2. The number of nitrogens with zero attached hydrogens (tertiary/aromatic N) is 1. The molecule has 1 aliphatic heterocycles. The molecule has 0 saturated carbocycles. The van der Waals surface area contributed by atoms with E-state index in [1.807, 2.05) is 24.3 Å². The van der Waals surface area contributed by atoms with Crippen LogP contribution >= 0.6 is 15.9 Å². The van der Waals surface area contributed by atoms with Crippen LogP contribution in [0.5, 0.6) is 5.75 Å². The van der Waals surface area contributed by atoms with Gasteiger partial charge in [-0.1, -0.05) is 34.1 Å². The minimum absolute atomic E-state index is 0.115. The maximum Gasteiger partial charge on any atom is 0.264 e. The molecule has 154 valence electrons. The number of nitrogens with one attached hydrogen (secondary N) is 1. The highest BCUT2D eigenvalue weighted by atomic mass is 79.9. The molecule has 0 radical (unpaired) electrons. The van der Waals surface area contributed by atoms with Crippen LogP contribution in [-0.4, -0.2) is 27.5 Å². The number of rotatable bonds is 6. The second kappa shape index (κ2) is 8.49. The lowest BCUT2D eigenvalue weighted by Gasteiger charge is -2.17. The Hall–Kier alpha value is -2.84. The second-order valence-corrected chi connectivity index (χ2v) is 9.40. The van der Waals surface area contributed by atoms with E-state index in [0.717, 1.165) is 22.1 Å². The van der Waals surface area contributed by atoms with Gasteiger partial charge in [0.25, 0.3) is 15.9 Å². The van der Waals surface area contributed by atoms with E-state index >= 15 is 0 Å². The highest BCUT2D eigenvalue weighted by Crippen LogP contribution is 2.30. The van der Waals surface area contributed by atoms with Crippen LogP contribution in [0.3, 0.4) is 0 Å². The molecule has 0 atom stereocenters. The van der Waals surface area contributed by atoms with Crippen LogP contribution in [-0.2, 0) is 21.2 Å². The lowest BCUT2D eigenvalue weighted by Crippen LogP contribution is -2.33. The largest absolute Gasteiger partial charge is 0.484 e. The van der Waals surface area contributed by atoms with E-state index in [2.05, 4.69) is 20.7 Å². The van der Waals surface area contributed by atoms with Crippen molar-refractivity contribution in [2.24, 2.45) is 0 Å². The van der Waals surface area contributed by atoms with Gasteiger partial charge in [-0.05, 0) is 66.6 Å². The van der Waals surface area contributed by atoms with Crippen LogP contribution in [0.4, 0.5) is 11.4 Å². The van der Waals surface area contributed by atoms with E-state index in [1.54, 1.807) is 41.3 Å². The number of sulfonamides is 1. The van der Waals surface area contributed by atoms with Crippen molar-refractivity contribution in [2.75, 3.05) is 22.8 Å². The number of halogens is 1. The number of amides is 1. The topological polar surface area (TPSA) is 75.7 Å². The Bertz CT molecular complexity index is 1170.